The van der Waals surface area contributed by atoms with Crippen LogP contribution in [-0.4, -0.2) is 45.8 Å². The smallest absolute Gasteiger partial charge is 0.328 e. The number of unbranched alkanes of at least 4 members (excludes halogenated alkanes) is 1. The lowest BCUT2D eigenvalue weighted by atomic mass is 10.00. The molecule has 1 aliphatic rings. The predicted octanol–water partition coefficient (Wildman–Crippen LogP) is 2.93. The van der Waals surface area contributed by atoms with Crippen LogP contribution in [0.4, 0.5) is 0 Å². The van der Waals surface area contributed by atoms with Crippen LogP contribution in [-0.2, 0) is 17.8 Å². The van der Waals surface area contributed by atoms with E-state index in [9.17, 15) is 14.7 Å². The Morgan fingerprint density at radius 3 is 2.68 bits per heavy atom. The van der Waals surface area contributed by atoms with Crippen molar-refractivity contribution >= 4 is 5.97 Å². The van der Waals surface area contributed by atoms with E-state index in [2.05, 4.69) is 32.5 Å². The Morgan fingerprint density at radius 1 is 1.21 bits per heavy atom. The van der Waals surface area contributed by atoms with E-state index in [0.29, 0.717) is 18.8 Å². The molecule has 1 aromatic carbocycles. The van der Waals surface area contributed by atoms with Crippen molar-refractivity contribution in [1.29, 1.82) is 0 Å². The van der Waals surface area contributed by atoms with Crippen molar-refractivity contribution in [2.45, 2.75) is 45.2 Å². The number of carbonyl (C=O) groups is 1. The minimum atomic E-state index is -0.849. The van der Waals surface area contributed by atoms with Gasteiger partial charge in [0.25, 0.3) is 0 Å². The number of H-pyrrole nitrogens is 1. The number of carboxylic acids is 1. The zero-order chi connectivity index (χ0) is 23.7. The molecule has 0 saturated heterocycles. The van der Waals surface area contributed by atoms with Crippen LogP contribution in [0.5, 0.6) is 0 Å². The molecule has 2 atom stereocenters. The summed E-state index contributed by atoms with van der Waals surface area (Å²) in [6, 6.07) is 9.50. The van der Waals surface area contributed by atoms with Gasteiger partial charge in [-0.2, -0.15) is 5.21 Å². The Bertz CT molecular complexity index is 1360. The molecule has 5 rings (SSSR count). The average molecular weight is 460 g/mol. The van der Waals surface area contributed by atoms with Crippen LogP contribution in [0, 0.1) is 5.92 Å². The standard InChI is InChI=1S/C24H25N7O3/c1-2-3-4-18-14-31(21-11-20(21)23(32)33)24(34)30(18)13-17-12-25-10-9-19(17)15-5-7-16(8-6-15)22-26-28-29-27-22/h5-10,12,14,20-21H,2-4,11,13H2,1H3,(H,32,33)(H,26,27,28,29). The van der Waals surface area contributed by atoms with Crippen molar-refractivity contribution in [2.75, 3.05) is 0 Å². The molecule has 0 radical (unpaired) electrons. The van der Waals surface area contributed by atoms with Crippen LogP contribution in [0.3, 0.4) is 0 Å². The third kappa shape index (κ3) is 4.14. The minimum Gasteiger partial charge on any atom is -0.481 e. The van der Waals surface area contributed by atoms with E-state index in [0.717, 1.165) is 47.2 Å². The Kier molecular flexibility index (Phi) is 5.79. The maximum absolute atomic E-state index is 13.3. The van der Waals surface area contributed by atoms with Gasteiger partial charge in [-0.3, -0.25) is 18.9 Å². The lowest BCUT2D eigenvalue weighted by Crippen LogP contribution is -2.26. The summed E-state index contributed by atoms with van der Waals surface area (Å²) in [5.74, 6) is -0.812. The summed E-state index contributed by atoms with van der Waals surface area (Å²) in [5, 5.41) is 23.4. The van der Waals surface area contributed by atoms with Crippen LogP contribution in [0.1, 0.15) is 43.5 Å². The Morgan fingerprint density at radius 2 is 2.00 bits per heavy atom. The van der Waals surface area contributed by atoms with E-state index in [4.69, 9.17) is 0 Å². The van der Waals surface area contributed by atoms with E-state index < -0.39 is 11.9 Å². The van der Waals surface area contributed by atoms with Gasteiger partial charge in [-0.15, -0.1) is 10.2 Å². The zero-order valence-corrected chi connectivity index (χ0v) is 18.8. The first-order valence-electron chi connectivity index (χ1n) is 11.4. The number of tetrazole rings is 1. The first-order chi connectivity index (χ1) is 16.6. The molecule has 2 unspecified atom stereocenters. The number of aryl methyl sites for hydroxylation is 1. The molecular weight excluding hydrogens is 434 g/mol. The van der Waals surface area contributed by atoms with Crippen LogP contribution < -0.4 is 5.69 Å². The summed E-state index contributed by atoms with van der Waals surface area (Å²) in [5.41, 5.74) is 4.48. The third-order valence-corrected chi connectivity index (χ3v) is 6.34. The number of rotatable bonds is 9. The number of carboxylic acid groups (broad SMARTS) is 1. The molecule has 174 valence electrons. The van der Waals surface area contributed by atoms with Gasteiger partial charge in [0.15, 0.2) is 0 Å². The van der Waals surface area contributed by atoms with Crippen LogP contribution in [0.2, 0.25) is 0 Å². The lowest BCUT2D eigenvalue weighted by molar-refractivity contribution is -0.138. The van der Waals surface area contributed by atoms with Crippen molar-refractivity contribution < 1.29 is 9.90 Å². The van der Waals surface area contributed by atoms with Crippen molar-refractivity contribution in [3.8, 4) is 22.5 Å². The van der Waals surface area contributed by atoms with Crippen LogP contribution in [0.15, 0.2) is 53.7 Å². The van der Waals surface area contributed by atoms with Gasteiger partial charge in [-0.05, 0) is 47.2 Å². The molecule has 1 fully saturated rings. The number of aromatic amines is 1. The molecule has 0 bridgehead atoms. The molecule has 0 aliphatic heterocycles. The fourth-order valence-corrected chi connectivity index (χ4v) is 4.35. The van der Waals surface area contributed by atoms with Crippen LogP contribution >= 0.6 is 0 Å². The van der Waals surface area contributed by atoms with Gasteiger partial charge in [0.2, 0.25) is 5.82 Å². The normalized spacial score (nSPS) is 17.1. The van der Waals surface area contributed by atoms with Crippen molar-refractivity contribution in [1.82, 2.24) is 34.7 Å². The number of nitrogens with zero attached hydrogens (tertiary/aromatic N) is 6. The number of aliphatic carboxylic acids is 1. The van der Waals surface area contributed by atoms with Crippen molar-refractivity contribution in [3.63, 3.8) is 0 Å². The molecule has 1 aliphatic carbocycles. The number of hydrogen-bond donors (Lipinski definition) is 2. The summed E-state index contributed by atoms with van der Waals surface area (Å²) in [6.07, 6.45) is 8.59. The second kappa shape index (κ2) is 9.05. The van der Waals surface area contributed by atoms with E-state index in [1.807, 2.05) is 36.5 Å². The van der Waals surface area contributed by atoms with Crippen molar-refractivity contribution in [2.24, 2.45) is 5.92 Å². The van der Waals surface area contributed by atoms with Gasteiger partial charge >= 0.3 is 11.7 Å². The van der Waals surface area contributed by atoms with E-state index in [-0.39, 0.29) is 11.7 Å². The number of benzene rings is 1. The zero-order valence-electron chi connectivity index (χ0n) is 18.8. The molecule has 10 nitrogen and oxygen atoms in total. The van der Waals surface area contributed by atoms with Gasteiger partial charge in [0, 0.05) is 29.8 Å². The number of pyridine rings is 1. The summed E-state index contributed by atoms with van der Waals surface area (Å²) in [6.45, 7) is 2.48. The highest BCUT2D eigenvalue weighted by atomic mass is 16.4. The molecule has 10 heteroatoms. The Labute approximate surface area is 195 Å². The number of nitrogens with one attached hydrogen (secondary N) is 1. The molecule has 0 spiro atoms. The Hall–Kier alpha value is -4.08. The minimum absolute atomic E-state index is 0.165. The number of aromatic nitrogens is 7. The molecule has 2 N–H and O–H groups in total. The predicted molar refractivity (Wildman–Crippen MR) is 124 cm³/mol. The van der Waals surface area contributed by atoms with Gasteiger partial charge < -0.3 is 5.11 Å². The third-order valence-electron chi connectivity index (χ3n) is 6.34. The fourth-order valence-electron chi connectivity index (χ4n) is 4.35. The highest BCUT2D eigenvalue weighted by Gasteiger charge is 2.46. The second-order valence-electron chi connectivity index (χ2n) is 8.59. The van der Waals surface area contributed by atoms with E-state index >= 15 is 0 Å². The monoisotopic (exact) mass is 459 g/mol. The second-order valence-corrected chi connectivity index (χ2v) is 8.59. The van der Waals surface area contributed by atoms with E-state index in [1.165, 1.54) is 0 Å². The quantitative estimate of drug-likeness (QED) is 0.393. The first kappa shape index (κ1) is 21.7. The Balaban J connectivity index is 1.48. The summed E-state index contributed by atoms with van der Waals surface area (Å²) in [4.78, 5) is 29.0. The topological polar surface area (TPSA) is 132 Å². The summed E-state index contributed by atoms with van der Waals surface area (Å²) >= 11 is 0. The maximum atomic E-state index is 13.3. The molecule has 3 heterocycles. The first-order valence-corrected chi connectivity index (χ1v) is 11.4. The van der Waals surface area contributed by atoms with Gasteiger partial charge in [0.05, 0.1) is 18.5 Å². The summed E-state index contributed by atoms with van der Waals surface area (Å²) in [7, 11) is 0. The lowest BCUT2D eigenvalue weighted by Gasteiger charge is -2.12. The molecule has 0 amide bonds. The SMILES string of the molecule is CCCCc1cn(C2CC2C(=O)O)c(=O)n1Cc1cnccc1-c1ccc(-c2nn[nH]n2)cc1. The van der Waals surface area contributed by atoms with Crippen molar-refractivity contribution in [3.05, 3.63) is 70.7 Å². The largest absolute Gasteiger partial charge is 0.481 e. The van der Waals surface area contributed by atoms with Crippen LogP contribution in [0.25, 0.3) is 22.5 Å². The number of imidazole rings is 1. The highest BCUT2D eigenvalue weighted by Crippen LogP contribution is 2.42. The fraction of sp³-hybridized carbons (Fsp3) is 0.333. The van der Waals surface area contributed by atoms with Gasteiger partial charge in [-0.1, -0.05) is 37.6 Å². The summed E-state index contributed by atoms with van der Waals surface area (Å²) < 4.78 is 3.38. The van der Waals surface area contributed by atoms with E-state index in [1.54, 1.807) is 21.5 Å². The highest BCUT2D eigenvalue weighted by molar-refractivity contribution is 5.74. The number of hydrogen-bond acceptors (Lipinski definition) is 6. The molecule has 34 heavy (non-hydrogen) atoms. The molecule has 4 aromatic rings. The maximum Gasteiger partial charge on any atom is 0.328 e. The molecule has 3 aromatic heterocycles. The molecular formula is C24H25N7O3. The average Bonchev–Trinajstić information content (AvgIpc) is 3.34. The van der Waals surface area contributed by atoms with Gasteiger partial charge in [0.1, 0.15) is 0 Å². The van der Waals surface area contributed by atoms with Gasteiger partial charge in [-0.25, -0.2) is 4.79 Å². The molecule has 1 saturated carbocycles.